The summed E-state index contributed by atoms with van der Waals surface area (Å²) in [5, 5.41) is 0.386. The van der Waals surface area contributed by atoms with Gasteiger partial charge < -0.3 is 18.6 Å². The Bertz CT molecular complexity index is 1930. The number of esters is 2. The van der Waals surface area contributed by atoms with Gasteiger partial charge in [0.15, 0.2) is 4.80 Å². The molecule has 0 spiro atoms. The van der Waals surface area contributed by atoms with E-state index in [2.05, 4.69) is 4.99 Å². The van der Waals surface area contributed by atoms with Gasteiger partial charge in [0.05, 0.1) is 46.2 Å². The highest BCUT2D eigenvalue weighted by Gasteiger charge is 2.35. The number of methoxy groups -OCH3 is 1. The number of hydrogen-bond acceptors (Lipinski definition) is 9. The monoisotopic (exact) mass is 620 g/mol. The highest BCUT2D eigenvalue weighted by molar-refractivity contribution is 7.07. The van der Waals surface area contributed by atoms with Crippen LogP contribution in [0.3, 0.4) is 0 Å². The summed E-state index contributed by atoms with van der Waals surface area (Å²) in [6.45, 7) is 7.44. The summed E-state index contributed by atoms with van der Waals surface area (Å²) in [7, 11) is 1.30. The minimum Gasteiger partial charge on any atom is -0.491 e. The molecule has 43 heavy (non-hydrogen) atoms. The van der Waals surface area contributed by atoms with Crippen molar-refractivity contribution >= 4 is 41.0 Å². The highest BCUT2D eigenvalue weighted by Crippen LogP contribution is 2.36. The van der Waals surface area contributed by atoms with Crippen molar-refractivity contribution < 1.29 is 28.2 Å². The van der Waals surface area contributed by atoms with Gasteiger partial charge in [-0.2, -0.15) is 0 Å². The summed E-state index contributed by atoms with van der Waals surface area (Å²) in [5.74, 6) is 0.298. The Morgan fingerprint density at radius 2 is 1.91 bits per heavy atom. The molecule has 4 aromatic rings. The maximum absolute atomic E-state index is 14.0. The number of allylic oxidation sites excluding steroid dienone is 1. The number of aromatic nitrogens is 1. The number of nitrogens with zero attached hydrogens (tertiary/aromatic N) is 2. The number of thiazole rings is 1. The molecule has 11 heteroatoms. The molecule has 0 fully saturated rings. The summed E-state index contributed by atoms with van der Waals surface area (Å²) < 4.78 is 24.2. The van der Waals surface area contributed by atoms with Gasteiger partial charge in [0.1, 0.15) is 23.3 Å². The Morgan fingerprint density at radius 3 is 2.63 bits per heavy atom. The maximum atomic E-state index is 14.0. The minimum atomic E-state index is -0.820. The van der Waals surface area contributed by atoms with Gasteiger partial charge in [-0.1, -0.05) is 41.1 Å². The quantitative estimate of drug-likeness (QED) is 0.246. The van der Waals surface area contributed by atoms with E-state index < -0.39 is 18.0 Å². The standard InChI is InChI=1S/C32H29ClN2O7S/c1-6-40-31(38)27-18(4)34-32-35(28(27)21-9-7-8-10-24(21)41-17(2)3)29(36)26(43-32)16-20-12-14-25(42-20)22-15-19(30(37)39-5)11-13-23(22)33/h7-17,28H,6H2,1-5H3/b26-16+/t28-/m0/s1. The second-order valence-corrected chi connectivity index (χ2v) is 11.3. The molecule has 3 heterocycles. The second kappa shape index (κ2) is 12.4. The van der Waals surface area contributed by atoms with Crippen LogP contribution >= 0.6 is 22.9 Å². The number of rotatable bonds is 8. The number of hydrogen-bond donors (Lipinski definition) is 0. The fraction of sp³-hybridized carbons (Fsp3) is 0.250. The average molecular weight is 621 g/mol. The minimum absolute atomic E-state index is 0.136. The van der Waals surface area contributed by atoms with Gasteiger partial charge in [0, 0.05) is 17.2 Å². The van der Waals surface area contributed by atoms with E-state index in [-0.39, 0.29) is 23.8 Å². The van der Waals surface area contributed by atoms with Crippen molar-refractivity contribution in [2.24, 2.45) is 4.99 Å². The molecule has 1 aliphatic heterocycles. The number of para-hydroxylation sites is 1. The lowest BCUT2D eigenvalue weighted by Crippen LogP contribution is -2.40. The van der Waals surface area contributed by atoms with E-state index in [9.17, 15) is 14.4 Å². The molecule has 0 saturated carbocycles. The smallest absolute Gasteiger partial charge is 0.338 e. The van der Waals surface area contributed by atoms with Crippen molar-refractivity contribution in [3.63, 3.8) is 0 Å². The first-order valence-electron chi connectivity index (χ1n) is 13.6. The summed E-state index contributed by atoms with van der Waals surface area (Å²) in [5.41, 5.74) is 1.83. The van der Waals surface area contributed by atoms with Crippen LogP contribution in [-0.2, 0) is 14.3 Å². The van der Waals surface area contributed by atoms with Crippen LogP contribution in [0.5, 0.6) is 5.75 Å². The van der Waals surface area contributed by atoms with Crippen molar-refractivity contribution in [3.05, 3.63) is 107 Å². The molecule has 0 aliphatic carbocycles. The van der Waals surface area contributed by atoms with Crippen LogP contribution in [0, 0.1) is 0 Å². The van der Waals surface area contributed by atoms with E-state index in [1.54, 1.807) is 50.3 Å². The number of furan rings is 1. The molecular weight excluding hydrogens is 592 g/mol. The third-order valence-electron chi connectivity index (χ3n) is 6.65. The van der Waals surface area contributed by atoms with Gasteiger partial charge in [-0.25, -0.2) is 14.6 Å². The first-order valence-corrected chi connectivity index (χ1v) is 14.8. The zero-order valence-electron chi connectivity index (χ0n) is 24.2. The van der Waals surface area contributed by atoms with E-state index in [1.165, 1.54) is 23.0 Å². The van der Waals surface area contributed by atoms with Crippen LogP contribution in [0.15, 0.2) is 80.1 Å². The summed E-state index contributed by atoms with van der Waals surface area (Å²) in [6, 6.07) is 14.7. The molecule has 0 radical (unpaired) electrons. The molecule has 2 aromatic carbocycles. The molecule has 0 unspecified atom stereocenters. The van der Waals surface area contributed by atoms with Crippen LogP contribution in [0.2, 0.25) is 5.02 Å². The molecule has 222 valence electrons. The van der Waals surface area contributed by atoms with Gasteiger partial charge in [0.2, 0.25) is 0 Å². The van der Waals surface area contributed by atoms with Crippen LogP contribution in [0.25, 0.3) is 17.4 Å². The topological polar surface area (TPSA) is 109 Å². The zero-order valence-corrected chi connectivity index (χ0v) is 25.7. The fourth-order valence-electron chi connectivity index (χ4n) is 4.82. The average Bonchev–Trinajstić information content (AvgIpc) is 3.56. The zero-order chi connectivity index (χ0) is 30.8. The molecule has 1 aliphatic rings. The lowest BCUT2D eigenvalue weighted by atomic mass is 9.95. The van der Waals surface area contributed by atoms with Gasteiger partial charge in [-0.15, -0.1) is 0 Å². The van der Waals surface area contributed by atoms with Gasteiger partial charge >= 0.3 is 11.9 Å². The fourth-order valence-corrected chi connectivity index (χ4v) is 6.05. The van der Waals surface area contributed by atoms with Crippen molar-refractivity contribution in [1.29, 1.82) is 0 Å². The summed E-state index contributed by atoms with van der Waals surface area (Å²) in [6.07, 6.45) is 1.48. The first kappa shape index (κ1) is 30.1. The first-order chi connectivity index (χ1) is 20.6. The predicted molar refractivity (Wildman–Crippen MR) is 163 cm³/mol. The van der Waals surface area contributed by atoms with Crippen molar-refractivity contribution in [1.82, 2.24) is 4.57 Å². The Hall–Kier alpha value is -4.41. The van der Waals surface area contributed by atoms with Gasteiger partial charge in [-0.05, 0) is 64.1 Å². The van der Waals surface area contributed by atoms with Crippen LogP contribution in [0.1, 0.15) is 55.4 Å². The number of halogens is 1. The van der Waals surface area contributed by atoms with Crippen molar-refractivity contribution in [2.75, 3.05) is 13.7 Å². The molecule has 0 N–H and O–H groups in total. The maximum Gasteiger partial charge on any atom is 0.338 e. The van der Waals surface area contributed by atoms with Gasteiger partial charge in [-0.3, -0.25) is 9.36 Å². The van der Waals surface area contributed by atoms with E-state index in [1.807, 2.05) is 38.1 Å². The molecular formula is C32H29ClN2O7S. The van der Waals surface area contributed by atoms with E-state index >= 15 is 0 Å². The van der Waals surface area contributed by atoms with E-state index in [4.69, 9.17) is 30.2 Å². The molecule has 0 bridgehead atoms. The molecule has 9 nitrogen and oxygen atoms in total. The largest absolute Gasteiger partial charge is 0.491 e. The predicted octanol–water partition coefficient (Wildman–Crippen LogP) is 5.29. The number of fused-ring (bicyclic) bond motifs is 1. The van der Waals surface area contributed by atoms with E-state index in [0.29, 0.717) is 54.0 Å². The van der Waals surface area contributed by atoms with E-state index in [0.717, 1.165) is 0 Å². The highest BCUT2D eigenvalue weighted by atomic mass is 35.5. The Morgan fingerprint density at radius 1 is 1.14 bits per heavy atom. The summed E-state index contributed by atoms with van der Waals surface area (Å²) >= 11 is 7.57. The van der Waals surface area contributed by atoms with Crippen LogP contribution in [0.4, 0.5) is 0 Å². The van der Waals surface area contributed by atoms with Gasteiger partial charge in [0.25, 0.3) is 5.56 Å². The number of ether oxygens (including phenoxy) is 3. The number of carbonyl (C=O) groups excluding carboxylic acids is 2. The lowest BCUT2D eigenvalue weighted by Gasteiger charge is -2.26. The Kier molecular flexibility index (Phi) is 8.70. The second-order valence-electron chi connectivity index (χ2n) is 9.89. The van der Waals surface area contributed by atoms with Crippen LogP contribution < -0.4 is 19.6 Å². The SMILES string of the molecule is CCOC(=O)C1=C(C)N=c2s/c(=C/c3ccc(-c4cc(C(=O)OC)ccc4Cl)o3)c(=O)n2[C@H]1c1ccccc1OC(C)C. The van der Waals surface area contributed by atoms with Crippen molar-refractivity contribution in [2.45, 2.75) is 39.8 Å². The molecule has 2 aromatic heterocycles. The number of carbonyl (C=O) groups is 2. The third-order valence-corrected chi connectivity index (χ3v) is 7.96. The Labute approximate surface area is 256 Å². The molecule has 0 saturated heterocycles. The lowest BCUT2D eigenvalue weighted by molar-refractivity contribution is -0.139. The summed E-state index contributed by atoms with van der Waals surface area (Å²) in [4.78, 5) is 44.3. The molecule has 1 atom stereocenters. The van der Waals surface area contributed by atoms with Crippen molar-refractivity contribution in [3.8, 4) is 17.1 Å². The van der Waals surface area contributed by atoms with Crippen LogP contribution in [-0.4, -0.2) is 36.3 Å². The third kappa shape index (κ3) is 5.93. The Balaban J connectivity index is 1.64. The normalized spacial score (nSPS) is 14.9. The molecule has 0 amide bonds. The number of benzene rings is 2. The molecule has 5 rings (SSSR count).